The summed E-state index contributed by atoms with van der Waals surface area (Å²) in [5, 5.41) is 11.3. The number of aromatic nitrogens is 3. The third kappa shape index (κ3) is 2.71. The smallest absolute Gasteiger partial charge is 0.0769 e. The van der Waals surface area contributed by atoms with Crippen molar-refractivity contribution in [1.29, 1.82) is 0 Å². The first kappa shape index (κ1) is 11.8. The maximum Gasteiger partial charge on any atom is 0.0769 e. The highest BCUT2D eigenvalue weighted by molar-refractivity contribution is 5.26. The minimum Gasteiger partial charge on any atom is -0.352 e. The van der Waals surface area contributed by atoms with Crippen LogP contribution < -0.4 is 5.32 Å². The van der Waals surface area contributed by atoms with Gasteiger partial charge in [0.15, 0.2) is 0 Å². The first-order valence-corrected chi connectivity index (χ1v) is 5.77. The number of hydrogen-bond acceptors (Lipinski definition) is 3. The summed E-state index contributed by atoms with van der Waals surface area (Å²) in [6.07, 6.45) is 1.69. The lowest BCUT2D eigenvalue weighted by Gasteiger charge is -2.04. The molecule has 0 aliphatic heterocycles. The van der Waals surface area contributed by atoms with Gasteiger partial charge in [0.25, 0.3) is 0 Å². The Morgan fingerprint density at radius 2 is 2.12 bits per heavy atom. The Bertz CT molecular complexity index is 488. The van der Waals surface area contributed by atoms with Crippen molar-refractivity contribution >= 4 is 0 Å². The molecule has 0 aliphatic rings. The predicted molar refractivity (Wildman–Crippen MR) is 67.5 cm³/mol. The number of nitrogens with zero attached hydrogens (tertiary/aromatic N) is 3. The lowest BCUT2D eigenvalue weighted by molar-refractivity contribution is 0.665. The number of nitrogens with one attached hydrogen (secondary N) is 1. The summed E-state index contributed by atoms with van der Waals surface area (Å²) in [4.78, 5) is 0. The summed E-state index contributed by atoms with van der Waals surface area (Å²) >= 11 is 0. The minimum absolute atomic E-state index is 0.751. The number of rotatable bonds is 4. The highest BCUT2D eigenvalue weighted by atomic mass is 15.1. The zero-order chi connectivity index (χ0) is 12.3. The molecule has 0 unspecified atom stereocenters. The monoisotopic (exact) mass is 230 g/mol. The third-order valence-electron chi connectivity index (χ3n) is 3.13. The highest BCUT2D eigenvalue weighted by Gasteiger charge is 2.05. The van der Waals surface area contributed by atoms with Crippen LogP contribution in [0.4, 0.5) is 0 Å². The fourth-order valence-electron chi connectivity index (χ4n) is 1.87. The molecule has 2 aromatic rings. The second-order valence-electron chi connectivity index (χ2n) is 4.27. The molecule has 0 bridgehead atoms. The van der Waals surface area contributed by atoms with Crippen LogP contribution in [0, 0.1) is 13.8 Å². The van der Waals surface area contributed by atoms with Gasteiger partial charge in [0.1, 0.15) is 0 Å². The summed E-state index contributed by atoms with van der Waals surface area (Å²) in [5.74, 6) is 0. The molecule has 0 saturated heterocycles. The lowest BCUT2D eigenvalue weighted by Crippen LogP contribution is -2.14. The Hall–Kier alpha value is -1.68. The van der Waals surface area contributed by atoms with E-state index in [4.69, 9.17) is 0 Å². The molecular weight excluding hydrogens is 212 g/mol. The first-order valence-electron chi connectivity index (χ1n) is 5.77. The average Bonchev–Trinajstić information content (AvgIpc) is 2.59. The van der Waals surface area contributed by atoms with Crippen LogP contribution in [0.25, 0.3) is 0 Å². The topological polar surface area (TPSA) is 42.7 Å². The fraction of sp³-hybridized carbons (Fsp3) is 0.385. The van der Waals surface area contributed by atoms with Gasteiger partial charge >= 0.3 is 0 Å². The molecule has 0 saturated carbocycles. The summed E-state index contributed by atoms with van der Waals surface area (Å²) in [6.45, 7) is 5.89. The van der Waals surface area contributed by atoms with Gasteiger partial charge in [0.05, 0.1) is 5.69 Å². The summed E-state index contributed by atoms with van der Waals surface area (Å²) in [7, 11) is 2.09. The van der Waals surface area contributed by atoms with Crippen LogP contribution in [0.15, 0.2) is 24.4 Å². The summed E-state index contributed by atoms with van der Waals surface area (Å²) < 4.78 is 2.21. The lowest BCUT2D eigenvalue weighted by atomic mass is 10.2. The van der Waals surface area contributed by atoms with E-state index in [1.807, 2.05) is 12.1 Å². The van der Waals surface area contributed by atoms with Gasteiger partial charge in [-0.25, -0.2) is 0 Å². The molecule has 0 atom stereocenters. The molecule has 0 radical (unpaired) electrons. The Balaban J connectivity index is 1.92. The van der Waals surface area contributed by atoms with Crippen LogP contribution in [0.1, 0.15) is 22.6 Å². The van der Waals surface area contributed by atoms with Crippen molar-refractivity contribution in [1.82, 2.24) is 20.1 Å². The molecule has 2 aromatic heterocycles. The zero-order valence-corrected chi connectivity index (χ0v) is 10.6. The second kappa shape index (κ2) is 5.10. The van der Waals surface area contributed by atoms with Crippen molar-refractivity contribution in [3.05, 3.63) is 47.0 Å². The van der Waals surface area contributed by atoms with Gasteiger partial charge in [-0.15, -0.1) is 0 Å². The average molecular weight is 230 g/mol. The Morgan fingerprint density at radius 3 is 2.71 bits per heavy atom. The maximum atomic E-state index is 4.04. The van der Waals surface area contributed by atoms with Crippen molar-refractivity contribution in [3.8, 4) is 0 Å². The fourth-order valence-corrected chi connectivity index (χ4v) is 1.87. The van der Waals surface area contributed by atoms with Crippen LogP contribution >= 0.6 is 0 Å². The largest absolute Gasteiger partial charge is 0.352 e. The van der Waals surface area contributed by atoms with Gasteiger partial charge in [0.2, 0.25) is 0 Å². The van der Waals surface area contributed by atoms with E-state index in [-0.39, 0.29) is 0 Å². The maximum absolute atomic E-state index is 4.04. The SMILES string of the molecule is Cc1cc(CNCc2cccnn2)c(C)n1C. The normalized spacial score (nSPS) is 10.8. The molecule has 0 aromatic carbocycles. The number of aryl methyl sites for hydroxylation is 1. The van der Waals surface area contributed by atoms with Crippen LogP contribution in [0.3, 0.4) is 0 Å². The molecule has 2 rings (SSSR count). The molecule has 0 fully saturated rings. The van der Waals surface area contributed by atoms with Gasteiger partial charge in [-0.2, -0.15) is 10.2 Å². The van der Waals surface area contributed by atoms with E-state index >= 15 is 0 Å². The summed E-state index contributed by atoms with van der Waals surface area (Å²) in [6, 6.07) is 6.10. The van der Waals surface area contributed by atoms with Crippen molar-refractivity contribution in [2.45, 2.75) is 26.9 Å². The van der Waals surface area contributed by atoms with E-state index in [2.05, 4.69) is 47.0 Å². The summed E-state index contributed by atoms with van der Waals surface area (Å²) in [5.41, 5.74) is 4.92. The molecule has 0 amide bonds. The van der Waals surface area contributed by atoms with E-state index < -0.39 is 0 Å². The van der Waals surface area contributed by atoms with Crippen LogP contribution in [-0.2, 0) is 20.1 Å². The molecule has 17 heavy (non-hydrogen) atoms. The van der Waals surface area contributed by atoms with Crippen molar-refractivity contribution in [2.75, 3.05) is 0 Å². The predicted octanol–water partition coefficient (Wildman–Crippen LogP) is 1.72. The molecule has 4 heteroatoms. The van der Waals surface area contributed by atoms with E-state index in [9.17, 15) is 0 Å². The van der Waals surface area contributed by atoms with Crippen LogP contribution in [-0.4, -0.2) is 14.8 Å². The van der Waals surface area contributed by atoms with Crippen LogP contribution in [0.5, 0.6) is 0 Å². The highest BCUT2D eigenvalue weighted by Crippen LogP contribution is 2.12. The molecule has 90 valence electrons. The van der Waals surface area contributed by atoms with E-state index in [1.165, 1.54) is 17.0 Å². The molecule has 1 N–H and O–H groups in total. The van der Waals surface area contributed by atoms with E-state index in [0.29, 0.717) is 0 Å². The molecule has 2 heterocycles. The standard InChI is InChI=1S/C13H18N4/c1-10-7-12(11(2)17(10)3)8-14-9-13-5-4-6-15-16-13/h4-7,14H,8-9H2,1-3H3. The van der Waals surface area contributed by atoms with Gasteiger partial charge in [0, 0.05) is 37.7 Å². The van der Waals surface area contributed by atoms with Gasteiger partial charge in [-0.05, 0) is 37.6 Å². The van der Waals surface area contributed by atoms with Crippen molar-refractivity contribution in [3.63, 3.8) is 0 Å². The molecular formula is C13H18N4. The van der Waals surface area contributed by atoms with Crippen molar-refractivity contribution in [2.24, 2.45) is 7.05 Å². The van der Waals surface area contributed by atoms with Crippen molar-refractivity contribution < 1.29 is 0 Å². The molecule has 4 nitrogen and oxygen atoms in total. The quantitative estimate of drug-likeness (QED) is 0.869. The van der Waals surface area contributed by atoms with Gasteiger partial charge in [-0.1, -0.05) is 0 Å². The third-order valence-corrected chi connectivity index (χ3v) is 3.13. The minimum atomic E-state index is 0.751. The first-order chi connectivity index (χ1) is 8.18. The Kier molecular flexibility index (Phi) is 3.54. The zero-order valence-electron chi connectivity index (χ0n) is 10.6. The van der Waals surface area contributed by atoms with Crippen LogP contribution in [0.2, 0.25) is 0 Å². The van der Waals surface area contributed by atoms with Gasteiger partial charge < -0.3 is 9.88 Å². The van der Waals surface area contributed by atoms with E-state index in [1.54, 1.807) is 6.20 Å². The second-order valence-corrected chi connectivity index (χ2v) is 4.27. The van der Waals surface area contributed by atoms with Gasteiger partial charge in [-0.3, -0.25) is 0 Å². The Labute approximate surface area is 102 Å². The Morgan fingerprint density at radius 1 is 1.29 bits per heavy atom. The van der Waals surface area contributed by atoms with E-state index in [0.717, 1.165) is 18.8 Å². The molecule has 0 aliphatic carbocycles. The molecule has 0 spiro atoms. The number of hydrogen-bond donors (Lipinski definition) is 1.